The molecular weight excluding hydrogens is 423 g/mol. The van der Waals surface area contributed by atoms with Crippen LogP contribution in [0.5, 0.6) is 0 Å². The molecular formula is C22H20Cl2N4O2. The molecule has 30 heavy (non-hydrogen) atoms. The topological polar surface area (TPSA) is 75.5 Å². The summed E-state index contributed by atoms with van der Waals surface area (Å²) >= 11 is 11.8. The number of halogens is 2. The second-order valence-corrected chi connectivity index (χ2v) is 7.69. The van der Waals surface area contributed by atoms with Crippen molar-refractivity contribution in [1.82, 2.24) is 9.99 Å². The normalized spacial score (nSPS) is 11.0. The summed E-state index contributed by atoms with van der Waals surface area (Å²) in [6, 6.07) is 14.6. The fourth-order valence-corrected chi connectivity index (χ4v) is 3.63. The lowest BCUT2D eigenvalue weighted by molar-refractivity contribution is -0.136. The summed E-state index contributed by atoms with van der Waals surface area (Å²) in [7, 11) is 0. The number of rotatable bonds is 4. The number of hydrogen-bond acceptors (Lipinski definition) is 3. The molecule has 0 aliphatic heterocycles. The number of aromatic nitrogens is 1. The lowest BCUT2D eigenvalue weighted by atomic mass is 10.2. The Kier molecular flexibility index (Phi) is 6.59. The molecule has 0 aliphatic rings. The van der Waals surface area contributed by atoms with Crippen LogP contribution in [0.1, 0.15) is 22.5 Å². The number of carbonyl (C=O) groups is 2. The standard InChI is InChI=1S/C22H20Cl2N4O2/c1-13-5-4-6-20(7-13)28-14(2)8-16(15(28)3)12-25-27-22(30)21(29)26-19-10-17(23)9-18(24)11-19/h4-12H,1-3H3,(H,26,29)(H,27,30)/b25-12-. The first-order valence-corrected chi connectivity index (χ1v) is 9.86. The molecule has 154 valence electrons. The monoisotopic (exact) mass is 442 g/mol. The molecule has 0 bridgehead atoms. The van der Waals surface area contributed by atoms with Crippen molar-refractivity contribution in [3.63, 3.8) is 0 Å². The van der Waals surface area contributed by atoms with Crippen molar-refractivity contribution in [3.05, 3.63) is 81.1 Å². The van der Waals surface area contributed by atoms with E-state index < -0.39 is 11.8 Å². The number of anilines is 1. The van der Waals surface area contributed by atoms with E-state index in [2.05, 4.69) is 26.5 Å². The third kappa shape index (κ3) is 5.09. The number of amides is 2. The van der Waals surface area contributed by atoms with Gasteiger partial charge in [0.05, 0.1) is 6.21 Å². The van der Waals surface area contributed by atoms with Crippen LogP contribution < -0.4 is 10.7 Å². The second kappa shape index (κ2) is 9.15. The highest BCUT2D eigenvalue weighted by Gasteiger charge is 2.14. The van der Waals surface area contributed by atoms with E-state index in [0.29, 0.717) is 15.7 Å². The summed E-state index contributed by atoms with van der Waals surface area (Å²) < 4.78 is 2.10. The smallest absolute Gasteiger partial charge is 0.318 e. The SMILES string of the molecule is Cc1cccc(-n2c(C)cc(/C=N\NC(=O)C(=O)Nc3cc(Cl)cc(Cl)c3)c2C)c1. The maximum absolute atomic E-state index is 12.0. The number of nitrogens with zero attached hydrogens (tertiary/aromatic N) is 2. The van der Waals surface area contributed by atoms with Gasteiger partial charge in [-0.2, -0.15) is 5.10 Å². The minimum Gasteiger partial charge on any atom is -0.318 e. The zero-order chi connectivity index (χ0) is 21.8. The maximum Gasteiger partial charge on any atom is 0.329 e. The average Bonchev–Trinajstić information content (AvgIpc) is 2.94. The first-order chi connectivity index (χ1) is 14.2. The van der Waals surface area contributed by atoms with Gasteiger partial charge in [0.1, 0.15) is 0 Å². The molecule has 8 heteroatoms. The predicted molar refractivity (Wildman–Crippen MR) is 121 cm³/mol. The summed E-state index contributed by atoms with van der Waals surface area (Å²) in [5.74, 6) is -1.79. The van der Waals surface area contributed by atoms with Gasteiger partial charge in [-0.25, -0.2) is 5.43 Å². The molecule has 0 fully saturated rings. The largest absolute Gasteiger partial charge is 0.329 e. The zero-order valence-corrected chi connectivity index (χ0v) is 18.2. The highest BCUT2D eigenvalue weighted by molar-refractivity contribution is 6.40. The molecule has 6 nitrogen and oxygen atoms in total. The Hall–Kier alpha value is -3.09. The number of nitrogens with one attached hydrogen (secondary N) is 2. The Balaban J connectivity index is 1.68. The van der Waals surface area contributed by atoms with Crippen molar-refractivity contribution in [3.8, 4) is 5.69 Å². The minimum atomic E-state index is -0.908. The molecule has 0 spiro atoms. The predicted octanol–water partition coefficient (Wildman–Crippen LogP) is 4.80. The van der Waals surface area contributed by atoms with Crippen LogP contribution in [0.25, 0.3) is 5.69 Å². The van der Waals surface area contributed by atoms with Gasteiger partial charge in [0.25, 0.3) is 0 Å². The molecule has 0 saturated heterocycles. The summed E-state index contributed by atoms with van der Waals surface area (Å²) in [6.07, 6.45) is 1.51. The molecule has 1 aromatic heterocycles. The average molecular weight is 443 g/mol. The van der Waals surface area contributed by atoms with Gasteiger partial charge in [0.2, 0.25) is 0 Å². The molecule has 0 unspecified atom stereocenters. The van der Waals surface area contributed by atoms with Crippen molar-refractivity contribution < 1.29 is 9.59 Å². The van der Waals surface area contributed by atoms with E-state index in [9.17, 15) is 9.59 Å². The van der Waals surface area contributed by atoms with Gasteiger partial charge in [0.15, 0.2) is 0 Å². The lowest BCUT2D eigenvalue weighted by Gasteiger charge is -2.10. The van der Waals surface area contributed by atoms with Crippen LogP contribution in [-0.4, -0.2) is 22.6 Å². The van der Waals surface area contributed by atoms with Crippen LogP contribution in [0.2, 0.25) is 10.0 Å². The Morgan fingerprint density at radius 1 is 0.967 bits per heavy atom. The molecule has 2 N–H and O–H groups in total. The molecule has 3 rings (SSSR count). The van der Waals surface area contributed by atoms with Gasteiger partial charge in [-0.3, -0.25) is 9.59 Å². The number of hydrazone groups is 1. The first kappa shape index (κ1) is 21.6. The Labute approximate surface area is 184 Å². The van der Waals surface area contributed by atoms with Gasteiger partial charge in [-0.1, -0.05) is 35.3 Å². The van der Waals surface area contributed by atoms with Gasteiger partial charge in [-0.05, 0) is 62.7 Å². The highest BCUT2D eigenvalue weighted by atomic mass is 35.5. The first-order valence-electron chi connectivity index (χ1n) is 9.11. The van der Waals surface area contributed by atoms with Crippen molar-refractivity contribution in [2.45, 2.75) is 20.8 Å². The molecule has 2 amide bonds. The van der Waals surface area contributed by atoms with Crippen LogP contribution in [0.15, 0.2) is 53.6 Å². The van der Waals surface area contributed by atoms with Crippen molar-refractivity contribution in [2.75, 3.05) is 5.32 Å². The molecule has 1 heterocycles. The summed E-state index contributed by atoms with van der Waals surface area (Å²) in [5.41, 5.74) is 7.58. The third-order valence-electron chi connectivity index (χ3n) is 4.43. The quantitative estimate of drug-likeness (QED) is 0.345. The second-order valence-electron chi connectivity index (χ2n) is 6.81. The minimum absolute atomic E-state index is 0.318. The van der Waals surface area contributed by atoms with Crippen LogP contribution in [0.3, 0.4) is 0 Å². The van der Waals surface area contributed by atoms with Crippen LogP contribution in [-0.2, 0) is 9.59 Å². The van der Waals surface area contributed by atoms with Crippen LogP contribution in [0, 0.1) is 20.8 Å². The van der Waals surface area contributed by atoms with E-state index in [4.69, 9.17) is 23.2 Å². The number of aryl methyl sites for hydroxylation is 2. The van der Waals surface area contributed by atoms with Gasteiger partial charge >= 0.3 is 11.8 Å². The van der Waals surface area contributed by atoms with E-state index in [1.807, 2.05) is 45.0 Å². The van der Waals surface area contributed by atoms with Gasteiger partial charge in [0, 0.05) is 38.4 Å². The van der Waals surface area contributed by atoms with Gasteiger partial charge < -0.3 is 9.88 Å². The van der Waals surface area contributed by atoms with E-state index in [1.54, 1.807) is 0 Å². The van der Waals surface area contributed by atoms with E-state index in [0.717, 1.165) is 28.2 Å². The highest BCUT2D eigenvalue weighted by Crippen LogP contribution is 2.22. The Morgan fingerprint density at radius 2 is 1.67 bits per heavy atom. The number of hydrogen-bond donors (Lipinski definition) is 2. The molecule has 0 aliphatic carbocycles. The lowest BCUT2D eigenvalue weighted by Crippen LogP contribution is -2.32. The van der Waals surface area contributed by atoms with Crippen molar-refractivity contribution in [1.29, 1.82) is 0 Å². The van der Waals surface area contributed by atoms with Crippen molar-refractivity contribution in [2.24, 2.45) is 5.10 Å². The van der Waals surface area contributed by atoms with E-state index in [1.165, 1.54) is 24.4 Å². The van der Waals surface area contributed by atoms with E-state index >= 15 is 0 Å². The zero-order valence-electron chi connectivity index (χ0n) is 16.7. The fraction of sp³-hybridized carbons (Fsp3) is 0.136. The molecule has 2 aromatic carbocycles. The molecule has 0 radical (unpaired) electrons. The molecule has 3 aromatic rings. The Morgan fingerprint density at radius 3 is 2.33 bits per heavy atom. The molecule has 0 atom stereocenters. The third-order valence-corrected chi connectivity index (χ3v) is 4.86. The maximum atomic E-state index is 12.0. The summed E-state index contributed by atoms with van der Waals surface area (Å²) in [4.78, 5) is 24.0. The van der Waals surface area contributed by atoms with E-state index in [-0.39, 0.29) is 0 Å². The fourth-order valence-electron chi connectivity index (χ4n) is 3.11. The van der Waals surface area contributed by atoms with Crippen molar-refractivity contribution >= 4 is 46.9 Å². The summed E-state index contributed by atoms with van der Waals surface area (Å²) in [6.45, 7) is 6.00. The Bertz CT molecular complexity index is 1130. The number of benzene rings is 2. The van der Waals surface area contributed by atoms with Crippen LogP contribution in [0.4, 0.5) is 5.69 Å². The molecule has 0 saturated carbocycles. The van der Waals surface area contributed by atoms with Gasteiger partial charge in [-0.15, -0.1) is 0 Å². The number of carbonyl (C=O) groups excluding carboxylic acids is 2. The summed E-state index contributed by atoms with van der Waals surface area (Å²) in [5, 5.41) is 7.04. The van der Waals surface area contributed by atoms with Crippen LogP contribution >= 0.6 is 23.2 Å².